The van der Waals surface area contributed by atoms with Gasteiger partial charge >= 0.3 is 0 Å². The number of pyridine rings is 2. The van der Waals surface area contributed by atoms with E-state index in [4.69, 9.17) is 4.74 Å². The second-order valence-corrected chi connectivity index (χ2v) is 7.07. The van der Waals surface area contributed by atoms with Crippen molar-refractivity contribution in [2.24, 2.45) is 0 Å². The van der Waals surface area contributed by atoms with Gasteiger partial charge in [0.25, 0.3) is 0 Å². The van der Waals surface area contributed by atoms with Gasteiger partial charge in [-0.05, 0) is 51.5 Å². The van der Waals surface area contributed by atoms with E-state index in [-0.39, 0.29) is 0 Å². The zero-order valence-electron chi connectivity index (χ0n) is 16.2. The minimum Gasteiger partial charge on any atom is -0.436 e. The summed E-state index contributed by atoms with van der Waals surface area (Å²) in [4.78, 5) is 8.77. The molecule has 0 saturated heterocycles. The molecule has 4 nitrogen and oxygen atoms in total. The summed E-state index contributed by atoms with van der Waals surface area (Å²) >= 11 is 0. The molecule has 136 valence electrons. The average molecular weight is 357 g/mol. The van der Waals surface area contributed by atoms with Crippen LogP contribution in [-0.4, -0.2) is 14.5 Å². The first kappa shape index (κ1) is 17.3. The van der Waals surface area contributed by atoms with Gasteiger partial charge in [-0.3, -0.25) is 4.98 Å². The number of nitrogens with zero attached hydrogens (tertiary/aromatic N) is 3. The van der Waals surface area contributed by atoms with Crippen LogP contribution in [0.2, 0.25) is 0 Å². The van der Waals surface area contributed by atoms with Crippen LogP contribution in [0.25, 0.3) is 21.7 Å². The molecule has 4 heteroatoms. The van der Waals surface area contributed by atoms with E-state index in [0.29, 0.717) is 5.88 Å². The van der Waals surface area contributed by atoms with E-state index in [9.17, 15) is 0 Å². The molecule has 4 aromatic rings. The Hall–Kier alpha value is -3.14. The van der Waals surface area contributed by atoms with Gasteiger partial charge < -0.3 is 9.30 Å². The summed E-state index contributed by atoms with van der Waals surface area (Å²) in [5, 5.41) is 3.26. The van der Waals surface area contributed by atoms with E-state index in [1.807, 2.05) is 36.7 Å². The number of hydrogen-bond acceptors (Lipinski definition) is 3. The number of aromatic nitrogens is 3. The van der Waals surface area contributed by atoms with Gasteiger partial charge in [-0.1, -0.05) is 23.8 Å². The summed E-state index contributed by atoms with van der Waals surface area (Å²) < 4.78 is 8.62. The molecule has 0 N–H and O–H groups in total. The first-order chi connectivity index (χ1) is 13.1. The van der Waals surface area contributed by atoms with Crippen LogP contribution in [0.1, 0.15) is 25.1 Å². The van der Waals surface area contributed by atoms with Crippen molar-refractivity contribution < 1.29 is 4.74 Å². The smallest absolute Gasteiger partial charge is 0.244 e. The molecule has 0 unspecified atom stereocenters. The van der Waals surface area contributed by atoms with Crippen molar-refractivity contribution in [2.75, 3.05) is 0 Å². The third-order valence-corrected chi connectivity index (χ3v) is 5.04. The van der Waals surface area contributed by atoms with Gasteiger partial charge in [-0.25, -0.2) is 4.98 Å². The Labute approximate surface area is 159 Å². The fourth-order valence-corrected chi connectivity index (χ4v) is 3.43. The summed E-state index contributed by atoms with van der Waals surface area (Å²) in [5.41, 5.74) is 4.84. The van der Waals surface area contributed by atoms with Gasteiger partial charge in [-0.2, -0.15) is 0 Å². The van der Waals surface area contributed by atoms with E-state index in [1.54, 1.807) is 6.20 Å². The normalized spacial score (nSPS) is 11.1. The molecule has 1 aromatic carbocycles. The predicted octanol–water partition coefficient (Wildman–Crippen LogP) is 5.96. The molecule has 0 atom stereocenters. The maximum absolute atomic E-state index is 6.34. The van der Waals surface area contributed by atoms with Crippen LogP contribution in [-0.2, 0) is 6.54 Å². The van der Waals surface area contributed by atoms with Crippen molar-refractivity contribution in [2.45, 2.75) is 34.2 Å². The third kappa shape index (κ3) is 3.08. The first-order valence-corrected chi connectivity index (χ1v) is 9.14. The molecular formula is C23H23N3O. The van der Waals surface area contributed by atoms with Crippen molar-refractivity contribution >= 4 is 21.7 Å². The van der Waals surface area contributed by atoms with Crippen molar-refractivity contribution in [1.82, 2.24) is 14.5 Å². The van der Waals surface area contributed by atoms with Crippen LogP contribution in [0.4, 0.5) is 0 Å². The Balaban J connectivity index is 1.89. The lowest BCUT2D eigenvalue weighted by molar-refractivity contribution is 0.471. The van der Waals surface area contributed by atoms with E-state index in [0.717, 1.165) is 28.6 Å². The molecule has 27 heavy (non-hydrogen) atoms. The lowest BCUT2D eigenvalue weighted by Gasteiger charge is -2.12. The highest BCUT2D eigenvalue weighted by molar-refractivity contribution is 5.91. The van der Waals surface area contributed by atoms with E-state index >= 15 is 0 Å². The number of aryl methyl sites for hydroxylation is 1. The fraction of sp³-hybridized carbons (Fsp3) is 0.217. The molecule has 3 heterocycles. The Morgan fingerprint density at radius 2 is 1.89 bits per heavy atom. The molecule has 0 aliphatic heterocycles. The topological polar surface area (TPSA) is 39.9 Å². The second kappa shape index (κ2) is 6.88. The number of fused-ring (bicyclic) bond motifs is 2. The molecule has 0 amide bonds. The predicted molar refractivity (Wildman–Crippen MR) is 110 cm³/mol. The fourth-order valence-electron chi connectivity index (χ4n) is 3.43. The summed E-state index contributed by atoms with van der Waals surface area (Å²) in [5.74, 6) is 1.43. The summed E-state index contributed by atoms with van der Waals surface area (Å²) in [6.45, 7) is 9.35. The van der Waals surface area contributed by atoms with Crippen LogP contribution < -0.4 is 4.74 Å². The zero-order chi connectivity index (χ0) is 19.0. The van der Waals surface area contributed by atoms with Gasteiger partial charge in [0, 0.05) is 47.0 Å². The van der Waals surface area contributed by atoms with Crippen molar-refractivity contribution in [3.05, 3.63) is 71.8 Å². The lowest BCUT2D eigenvalue weighted by Crippen LogP contribution is -2.01. The van der Waals surface area contributed by atoms with Crippen molar-refractivity contribution in [3.8, 4) is 11.6 Å². The third-order valence-electron chi connectivity index (χ3n) is 5.04. The van der Waals surface area contributed by atoms with Gasteiger partial charge in [0.1, 0.15) is 11.3 Å². The van der Waals surface area contributed by atoms with E-state index < -0.39 is 0 Å². The van der Waals surface area contributed by atoms with Gasteiger partial charge in [0.05, 0.1) is 0 Å². The highest BCUT2D eigenvalue weighted by Crippen LogP contribution is 2.35. The van der Waals surface area contributed by atoms with Gasteiger partial charge in [-0.15, -0.1) is 0 Å². The molecule has 0 aliphatic carbocycles. The number of benzene rings is 1. The van der Waals surface area contributed by atoms with Crippen molar-refractivity contribution in [3.63, 3.8) is 0 Å². The number of rotatable bonds is 4. The zero-order valence-corrected chi connectivity index (χ0v) is 16.2. The number of ether oxygens (including phenoxy) is 1. The molecular weight excluding hydrogens is 334 g/mol. The van der Waals surface area contributed by atoms with Crippen LogP contribution >= 0.6 is 0 Å². The molecule has 0 bridgehead atoms. The molecule has 0 radical (unpaired) electrons. The Kier molecular flexibility index (Phi) is 4.40. The Morgan fingerprint density at radius 3 is 2.70 bits per heavy atom. The summed E-state index contributed by atoms with van der Waals surface area (Å²) in [6.07, 6.45) is 7.69. The SMILES string of the molecule is CC(C)=CCn1c(C)c(C)c2ccnc(Oc3cccc4cnccc34)c21. The van der Waals surface area contributed by atoms with E-state index in [2.05, 4.69) is 54.4 Å². The lowest BCUT2D eigenvalue weighted by atomic mass is 10.1. The number of hydrogen-bond donors (Lipinski definition) is 0. The average Bonchev–Trinajstić information content (AvgIpc) is 2.92. The minimum atomic E-state index is 0.634. The Morgan fingerprint density at radius 1 is 1.07 bits per heavy atom. The minimum absolute atomic E-state index is 0.634. The van der Waals surface area contributed by atoms with E-state index in [1.165, 1.54) is 22.2 Å². The Bertz CT molecular complexity index is 1160. The quantitative estimate of drug-likeness (QED) is 0.423. The van der Waals surface area contributed by atoms with Crippen molar-refractivity contribution in [1.29, 1.82) is 0 Å². The molecule has 3 aromatic heterocycles. The van der Waals surface area contributed by atoms with Crippen LogP contribution in [0.5, 0.6) is 11.6 Å². The van der Waals surface area contributed by atoms with Crippen LogP contribution in [0.3, 0.4) is 0 Å². The molecule has 0 aliphatic rings. The molecule has 0 spiro atoms. The van der Waals surface area contributed by atoms with Crippen LogP contribution in [0.15, 0.2) is 60.6 Å². The van der Waals surface area contributed by atoms with Gasteiger partial charge in [0.15, 0.2) is 0 Å². The monoisotopic (exact) mass is 357 g/mol. The molecule has 4 rings (SSSR count). The molecule has 0 fully saturated rings. The second-order valence-electron chi connectivity index (χ2n) is 7.07. The maximum Gasteiger partial charge on any atom is 0.244 e. The molecule has 0 saturated carbocycles. The first-order valence-electron chi connectivity index (χ1n) is 9.14. The van der Waals surface area contributed by atoms with Crippen LogP contribution in [0, 0.1) is 13.8 Å². The standard InChI is InChI=1S/C23H23N3O/c1-15(2)10-13-26-17(4)16(3)19-9-12-25-23(22(19)26)27-21-7-5-6-18-14-24-11-8-20(18)21/h5-12,14H,13H2,1-4H3. The van der Waals surface area contributed by atoms with Gasteiger partial charge in [0.2, 0.25) is 5.88 Å². The summed E-state index contributed by atoms with van der Waals surface area (Å²) in [7, 11) is 0. The maximum atomic E-state index is 6.34. The highest BCUT2D eigenvalue weighted by Gasteiger charge is 2.17. The number of allylic oxidation sites excluding steroid dienone is 2. The highest BCUT2D eigenvalue weighted by atomic mass is 16.5. The largest absolute Gasteiger partial charge is 0.436 e. The summed E-state index contributed by atoms with van der Waals surface area (Å²) in [6, 6.07) is 10.0.